The fraction of sp³-hybridized carbons (Fsp3) is 0. The molecule has 8 aromatic carbocycles. The highest BCUT2D eigenvalue weighted by molar-refractivity contribution is 6.56. The van der Waals surface area contributed by atoms with Crippen LogP contribution in [-0.2, 0) is 0 Å². The predicted octanol–water partition coefficient (Wildman–Crippen LogP) is -0.710. The Morgan fingerprint density at radius 1 is 0.325 bits per heavy atom. The molecule has 0 fully saturated rings. The molecule has 0 amide bonds. The molecule has 13 N–H and O–H groups in total. The zero-order valence-electron chi connectivity index (χ0n) is 41.2. The summed E-state index contributed by atoms with van der Waals surface area (Å²) in [6, 6.07) is 20.9. The predicted molar refractivity (Wildman–Crippen MR) is 302 cm³/mol. The van der Waals surface area contributed by atoms with Gasteiger partial charge in [0.1, 0.15) is 80.8 Å². The normalized spacial score (nSPS) is 11.8. The van der Waals surface area contributed by atoms with Crippen LogP contribution >= 0.6 is 0 Å². The van der Waals surface area contributed by atoms with Gasteiger partial charge >= 0.3 is 0 Å². The molecule has 4 aromatic heterocycles. The minimum Gasteiger partial charge on any atom is -0.509 e. The lowest BCUT2D eigenvalue weighted by Gasteiger charge is -2.21. The fourth-order valence-corrected chi connectivity index (χ4v) is 10.8. The van der Waals surface area contributed by atoms with Gasteiger partial charge in [0.2, 0.25) is 39.9 Å². The Hall–Kier alpha value is -10.2. The van der Waals surface area contributed by atoms with Crippen LogP contribution in [0.25, 0.3) is 117 Å². The molecule has 0 saturated heterocycles. The highest BCUT2D eigenvalue weighted by Crippen LogP contribution is 2.56. The van der Waals surface area contributed by atoms with Crippen LogP contribution in [0.3, 0.4) is 0 Å². The van der Waals surface area contributed by atoms with Gasteiger partial charge < -0.3 is 70.8 Å². The summed E-state index contributed by atoms with van der Waals surface area (Å²) in [6.07, 6.45) is 0. The number of hydrogen-bond acceptors (Lipinski definition) is 19. The van der Waals surface area contributed by atoms with Crippen molar-refractivity contribution in [3.63, 3.8) is 0 Å². The molecule has 26 heteroatoms. The third-order valence-corrected chi connectivity index (χ3v) is 14.8. The van der Waals surface area contributed by atoms with Crippen molar-refractivity contribution in [2.45, 2.75) is 0 Å². The molecule has 374 valence electrons. The first-order valence-electron chi connectivity index (χ1n) is 23.6. The Labute approximate surface area is 435 Å². The number of benzene rings is 8. The summed E-state index contributed by atoms with van der Waals surface area (Å²) in [4.78, 5) is 14.0. The van der Waals surface area contributed by atoms with Gasteiger partial charge in [-0.05, 0) is 16.5 Å². The highest BCUT2D eigenvalue weighted by Gasteiger charge is 2.35. The van der Waals surface area contributed by atoms with E-state index >= 15 is 0 Å². The minimum atomic E-state index is -1.29. The van der Waals surface area contributed by atoms with E-state index in [0.717, 1.165) is 26.3 Å². The van der Waals surface area contributed by atoms with Gasteiger partial charge in [0, 0.05) is 38.4 Å². The molecular formula is C51H36B6N4O16. The van der Waals surface area contributed by atoms with Crippen LogP contribution in [0.1, 0.15) is 0 Å². The van der Waals surface area contributed by atoms with Crippen LogP contribution in [0.2, 0.25) is 0 Å². The average molecular weight is 1030 g/mol. The largest absolute Gasteiger partial charge is 0.509 e. The second-order valence-corrected chi connectivity index (χ2v) is 18.9. The molecule has 4 heterocycles. The smallest absolute Gasteiger partial charge is 0.248 e. The average Bonchev–Trinajstić information content (AvgIpc) is 4.11. The highest BCUT2D eigenvalue weighted by atomic mass is 17.0. The molecule has 0 aliphatic carbocycles. The van der Waals surface area contributed by atoms with Crippen molar-refractivity contribution < 1.29 is 80.0 Å². The summed E-state index contributed by atoms with van der Waals surface area (Å²) in [5.74, 6) is -14.0. The molecule has 20 nitrogen and oxygen atoms in total. The van der Waals surface area contributed by atoms with Gasteiger partial charge in [0.15, 0.2) is 52.0 Å². The van der Waals surface area contributed by atoms with E-state index in [9.17, 15) is 66.4 Å². The van der Waals surface area contributed by atoms with Gasteiger partial charge in [-0.1, -0.05) is 88.6 Å². The molecule has 0 aliphatic heterocycles. The maximum atomic E-state index is 12.4. The van der Waals surface area contributed by atoms with Gasteiger partial charge in [-0.3, -0.25) is 13.6 Å². The molecule has 0 atom stereocenters. The van der Waals surface area contributed by atoms with Crippen LogP contribution in [0.15, 0.2) is 80.3 Å². The molecule has 0 saturated carbocycles. The Morgan fingerprint density at radius 2 is 0.844 bits per heavy atom. The van der Waals surface area contributed by atoms with Crippen molar-refractivity contribution in [2.75, 3.05) is 0 Å². The van der Waals surface area contributed by atoms with E-state index in [1.807, 2.05) is 60.7 Å². The molecule has 0 bridgehead atoms. The molecule has 0 aliphatic rings. The summed E-state index contributed by atoms with van der Waals surface area (Å²) >= 11 is 0. The fourth-order valence-electron chi connectivity index (χ4n) is 10.8. The number of hydrogen-bond donors (Lipinski definition) is 13. The van der Waals surface area contributed by atoms with Gasteiger partial charge in [-0.15, -0.1) is 0 Å². The Bertz CT molecular complexity index is 4680. The van der Waals surface area contributed by atoms with Crippen molar-refractivity contribution in [1.29, 1.82) is 0 Å². The van der Waals surface area contributed by atoms with Crippen LogP contribution in [0.4, 0.5) is 0 Å². The number of fused-ring (bicyclic) bond motifs is 8. The Balaban J connectivity index is 1.20. The number of furan rings is 1. The Kier molecular flexibility index (Phi) is 10.2. The van der Waals surface area contributed by atoms with Crippen LogP contribution in [0, 0.1) is 0 Å². The molecule has 0 unspecified atom stereocenters. The quantitative estimate of drug-likeness (QED) is 0.0438. The second kappa shape index (κ2) is 16.4. The molecular weight excluding hydrogens is 989 g/mol. The molecule has 77 heavy (non-hydrogen) atoms. The van der Waals surface area contributed by atoms with Crippen molar-refractivity contribution in [3.05, 3.63) is 66.7 Å². The van der Waals surface area contributed by atoms with Crippen molar-refractivity contribution in [3.8, 4) is 131 Å². The van der Waals surface area contributed by atoms with Gasteiger partial charge in [0.05, 0.1) is 22.0 Å². The number of nitrogens with zero attached hydrogens (tertiary/aromatic N) is 4. The summed E-state index contributed by atoms with van der Waals surface area (Å²) in [5.41, 5.74) is 1.46. The van der Waals surface area contributed by atoms with E-state index in [1.165, 1.54) is 23.5 Å². The molecule has 12 aromatic rings. The maximum absolute atomic E-state index is 12.4. The third kappa shape index (κ3) is 6.25. The van der Waals surface area contributed by atoms with Crippen LogP contribution < -0.4 is 32.8 Å². The third-order valence-electron chi connectivity index (χ3n) is 14.8. The lowest BCUT2D eigenvalue weighted by atomic mass is 9.69. The number of aromatic nitrogens is 4. The number of rotatable bonds is 5. The standard InChI is InChI=1S/C51H36B6N4O16/c52-23-17(16-11-5-10-15-14-9-4-8-13(45(14)75-46(15)16)12-6-2-1-3-7-12)32(62)26(55)25(54)20(23)49-58-50(60-51(59-49)22-35(65)40(70)43(73)41(71)36(22)66)21-24(53)18-19-30-47(44(74)42(72)33(19)63)76-77-48-31(27(56)37(67)28(57)38(48)68)61(30)29(18)39(69)34(21)64/h1-11,62-74H,52-57H2. The van der Waals surface area contributed by atoms with E-state index in [2.05, 4.69) is 9.97 Å². The maximum Gasteiger partial charge on any atom is 0.248 e. The van der Waals surface area contributed by atoms with Crippen LogP contribution in [0.5, 0.6) is 74.7 Å². The van der Waals surface area contributed by atoms with Crippen molar-refractivity contribution in [2.24, 2.45) is 0 Å². The number of aromatic hydroxyl groups is 13. The minimum absolute atomic E-state index is 0.0211. The summed E-state index contributed by atoms with van der Waals surface area (Å²) < 4.78 is 18.9. The zero-order chi connectivity index (χ0) is 54.7. The number of phenols is 13. The van der Waals surface area contributed by atoms with Crippen molar-refractivity contribution in [1.82, 2.24) is 19.4 Å². The molecule has 12 rings (SSSR count). The first kappa shape index (κ1) is 47.7. The first-order valence-corrected chi connectivity index (χ1v) is 23.6. The van der Waals surface area contributed by atoms with E-state index in [1.54, 1.807) is 29.6 Å². The topological polar surface area (TPSA) is 345 Å². The summed E-state index contributed by atoms with van der Waals surface area (Å²) in [6.45, 7) is 0. The van der Waals surface area contributed by atoms with Gasteiger partial charge in [-0.25, -0.2) is 15.0 Å². The van der Waals surface area contributed by atoms with E-state index in [0.29, 0.717) is 33.1 Å². The van der Waals surface area contributed by atoms with E-state index in [4.69, 9.17) is 18.6 Å². The monoisotopic (exact) mass is 1030 g/mol. The van der Waals surface area contributed by atoms with Gasteiger partial charge in [0.25, 0.3) is 0 Å². The first-order chi connectivity index (χ1) is 36.7. The summed E-state index contributed by atoms with van der Waals surface area (Å²) in [7, 11) is 9.19. The molecule has 0 spiro atoms. The van der Waals surface area contributed by atoms with E-state index in [-0.39, 0.29) is 66.4 Å². The zero-order valence-corrected chi connectivity index (χ0v) is 41.2. The Morgan fingerprint density at radius 3 is 1.47 bits per heavy atom. The SMILES string of the molecule is Bc1c(B)c(-c2nc(-c3c(O)c(O)c(O)c(O)c3O)nc(-c3c(O)c(O)c4c(c3B)c3c(O)c(O)c(O)c5ooc6c(O)c(B)c(O)c(B)c6n4c53)n2)c(B)c(-c2cccc3c2oc2c(-c4ccccc4)cccc23)c1O. The van der Waals surface area contributed by atoms with Gasteiger partial charge in [-0.2, -0.15) is 0 Å². The number of para-hydroxylation sites is 2. The van der Waals surface area contributed by atoms with Crippen LogP contribution in [-0.4, -0.2) is 133 Å². The van der Waals surface area contributed by atoms with Crippen molar-refractivity contribution >= 4 is 140 Å². The van der Waals surface area contributed by atoms with E-state index < -0.39 is 103 Å². The number of phenolic OH excluding ortho intramolecular Hbond substituents is 13. The lowest BCUT2D eigenvalue weighted by molar-refractivity contribution is 0.0877. The lowest BCUT2D eigenvalue weighted by Crippen LogP contribution is -2.35. The molecule has 0 radical (unpaired) electrons. The second-order valence-electron chi connectivity index (χ2n) is 18.9. The summed E-state index contributed by atoms with van der Waals surface area (Å²) in [5, 5.41) is 150.